The maximum atomic E-state index is 12.1. The van der Waals surface area contributed by atoms with Crippen LogP contribution >= 0.6 is 27.5 Å². The van der Waals surface area contributed by atoms with Crippen LogP contribution in [0.3, 0.4) is 0 Å². The Morgan fingerprint density at radius 3 is 2.95 bits per heavy atom. The number of hydrogen-bond acceptors (Lipinski definition) is 2. The molecule has 0 unspecified atom stereocenters. The van der Waals surface area contributed by atoms with Crippen molar-refractivity contribution in [1.29, 1.82) is 0 Å². The maximum absolute atomic E-state index is 12.1. The van der Waals surface area contributed by atoms with Gasteiger partial charge in [-0.05, 0) is 52.3 Å². The molecule has 0 spiro atoms. The number of nitrogens with zero attached hydrogens (tertiary/aromatic N) is 2. The normalized spacial score (nSPS) is 11.3. The van der Waals surface area contributed by atoms with Crippen molar-refractivity contribution >= 4 is 45.0 Å². The number of allylic oxidation sites excluding steroid dienone is 1. The van der Waals surface area contributed by atoms with Gasteiger partial charge in [0, 0.05) is 21.3 Å². The number of carbonyl (C=O) groups excluding carboxylic acids is 1. The minimum atomic E-state index is -0.0950. The molecule has 21 heavy (non-hydrogen) atoms. The summed E-state index contributed by atoms with van der Waals surface area (Å²) in [6.45, 7) is 0. The third-order valence-electron chi connectivity index (χ3n) is 3.01. The van der Waals surface area contributed by atoms with Crippen molar-refractivity contribution in [1.82, 2.24) is 9.38 Å². The number of halogens is 2. The second-order valence-electron chi connectivity index (χ2n) is 4.47. The Bertz CT molecular complexity index is 854. The van der Waals surface area contributed by atoms with Crippen LogP contribution in [0.25, 0.3) is 11.7 Å². The van der Waals surface area contributed by atoms with Crippen molar-refractivity contribution in [2.75, 3.05) is 0 Å². The molecule has 0 radical (unpaired) electrons. The zero-order valence-corrected chi connectivity index (χ0v) is 13.2. The number of aromatic nitrogens is 2. The van der Waals surface area contributed by atoms with E-state index in [0.717, 1.165) is 15.8 Å². The number of imidazole rings is 1. The maximum Gasteiger partial charge on any atom is 0.185 e. The summed E-state index contributed by atoms with van der Waals surface area (Å²) in [6, 6.07) is 10.7. The standard InChI is InChI=1S/C16H10BrClN2O/c17-12-4-7-16-19-9-14(20(16)10-12)5-6-15(21)11-2-1-3-13(18)8-11/h1-10H. The van der Waals surface area contributed by atoms with Crippen molar-refractivity contribution in [2.24, 2.45) is 0 Å². The SMILES string of the molecule is O=C(C=Cc1cnc2ccc(Br)cn12)c1cccc(Cl)c1. The van der Waals surface area contributed by atoms with Crippen molar-refractivity contribution in [3.8, 4) is 0 Å². The van der Waals surface area contributed by atoms with Gasteiger partial charge in [0.1, 0.15) is 5.65 Å². The Hall–Kier alpha value is -1.91. The number of hydrogen-bond donors (Lipinski definition) is 0. The summed E-state index contributed by atoms with van der Waals surface area (Å²) in [6.07, 6.45) is 6.90. The molecule has 1 aromatic carbocycles. The highest BCUT2D eigenvalue weighted by molar-refractivity contribution is 9.10. The van der Waals surface area contributed by atoms with Gasteiger partial charge >= 0.3 is 0 Å². The number of rotatable bonds is 3. The van der Waals surface area contributed by atoms with Gasteiger partial charge in [0.05, 0.1) is 11.9 Å². The van der Waals surface area contributed by atoms with E-state index in [2.05, 4.69) is 20.9 Å². The fourth-order valence-corrected chi connectivity index (χ4v) is 2.52. The third kappa shape index (κ3) is 3.06. The van der Waals surface area contributed by atoms with E-state index in [9.17, 15) is 4.79 Å². The van der Waals surface area contributed by atoms with Crippen molar-refractivity contribution in [2.45, 2.75) is 0 Å². The molecular weight excluding hydrogens is 352 g/mol. The predicted octanol–water partition coefficient (Wildman–Crippen LogP) is 4.65. The number of ketones is 1. The lowest BCUT2D eigenvalue weighted by Crippen LogP contribution is -1.94. The van der Waals surface area contributed by atoms with Gasteiger partial charge < -0.3 is 0 Å². The molecule has 5 heteroatoms. The molecule has 0 saturated heterocycles. The largest absolute Gasteiger partial charge is 0.299 e. The first-order valence-corrected chi connectivity index (χ1v) is 7.41. The smallest absolute Gasteiger partial charge is 0.185 e. The lowest BCUT2D eigenvalue weighted by molar-refractivity contribution is 0.104. The molecule has 3 nitrogen and oxygen atoms in total. The van der Waals surface area contributed by atoms with Crippen LogP contribution in [-0.4, -0.2) is 15.2 Å². The van der Waals surface area contributed by atoms with Crippen molar-refractivity contribution in [3.63, 3.8) is 0 Å². The van der Waals surface area contributed by atoms with Crippen LogP contribution in [0.1, 0.15) is 16.1 Å². The van der Waals surface area contributed by atoms with Crippen LogP contribution in [0.15, 0.2) is 59.3 Å². The van der Waals surface area contributed by atoms with Crippen LogP contribution in [0.2, 0.25) is 5.02 Å². The van der Waals surface area contributed by atoms with E-state index in [0.29, 0.717) is 10.6 Å². The lowest BCUT2D eigenvalue weighted by Gasteiger charge is -1.98. The second-order valence-corrected chi connectivity index (χ2v) is 5.82. The Labute approximate surface area is 135 Å². The molecule has 0 amide bonds. The fraction of sp³-hybridized carbons (Fsp3) is 0. The van der Waals surface area contributed by atoms with Crippen molar-refractivity contribution in [3.05, 3.63) is 75.6 Å². The first-order valence-electron chi connectivity index (χ1n) is 6.24. The molecule has 0 atom stereocenters. The highest BCUT2D eigenvalue weighted by Crippen LogP contribution is 2.15. The van der Waals surface area contributed by atoms with Crippen molar-refractivity contribution < 1.29 is 4.79 Å². The van der Waals surface area contributed by atoms with E-state index in [-0.39, 0.29) is 5.78 Å². The monoisotopic (exact) mass is 360 g/mol. The summed E-state index contributed by atoms with van der Waals surface area (Å²) in [4.78, 5) is 16.4. The zero-order chi connectivity index (χ0) is 14.8. The molecular formula is C16H10BrClN2O. The zero-order valence-electron chi connectivity index (χ0n) is 10.8. The van der Waals surface area contributed by atoms with Crippen LogP contribution in [-0.2, 0) is 0 Å². The van der Waals surface area contributed by atoms with Crippen LogP contribution < -0.4 is 0 Å². The van der Waals surface area contributed by atoms with E-state index in [1.165, 1.54) is 6.08 Å². The van der Waals surface area contributed by atoms with Gasteiger partial charge in [-0.2, -0.15) is 0 Å². The van der Waals surface area contributed by atoms with Gasteiger partial charge in [-0.15, -0.1) is 0 Å². The number of pyridine rings is 1. The van der Waals surface area contributed by atoms with E-state index in [1.54, 1.807) is 36.5 Å². The molecule has 3 aromatic rings. The molecule has 0 saturated carbocycles. The van der Waals surface area contributed by atoms with Crippen LogP contribution in [0.4, 0.5) is 0 Å². The van der Waals surface area contributed by atoms with Gasteiger partial charge in [0.15, 0.2) is 5.78 Å². The molecule has 0 fully saturated rings. The second kappa shape index (κ2) is 5.84. The number of carbonyl (C=O) groups is 1. The Balaban J connectivity index is 1.91. The summed E-state index contributed by atoms with van der Waals surface area (Å²) in [5.74, 6) is -0.0950. The molecule has 0 N–H and O–H groups in total. The molecule has 2 heterocycles. The number of fused-ring (bicyclic) bond motifs is 1. The molecule has 0 aliphatic carbocycles. The summed E-state index contributed by atoms with van der Waals surface area (Å²) >= 11 is 9.31. The Kier molecular flexibility index (Phi) is 3.90. The minimum absolute atomic E-state index is 0.0950. The predicted molar refractivity (Wildman–Crippen MR) is 87.7 cm³/mol. The summed E-state index contributed by atoms with van der Waals surface area (Å²) in [5.41, 5.74) is 2.23. The highest BCUT2D eigenvalue weighted by atomic mass is 79.9. The van der Waals surface area contributed by atoms with Gasteiger partial charge in [-0.3, -0.25) is 9.20 Å². The summed E-state index contributed by atoms with van der Waals surface area (Å²) in [5, 5.41) is 0.549. The molecule has 0 bridgehead atoms. The molecule has 3 rings (SSSR count). The van der Waals surface area contributed by atoms with E-state index in [4.69, 9.17) is 11.6 Å². The van der Waals surface area contributed by atoms with E-state index < -0.39 is 0 Å². The Morgan fingerprint density at radius 1 is 1.29 bits per heavy atom. The average Bonchev–Trinajstić information content (AvgIpc) is 2.87. The van der Waals surface area contributed by atoms with E-state index >= 15 is 0 Å². The first kappa shape index (κ1) is 14.0. The van der Waals surface area contributed by atoms with Crippen LogP contribution in [0, 0.1) is 0 Å². The Morgan fingerprint density at radius 2 is 2.14 bits per heavy atom. The van der Waals surface area contributed by atoms with Gasteiger partial charge in [0.2, 0.25) is 0 Å². The first-order chi connectivity index (χ1) is 10.1. The average molecular weight is 362 g/mol. The summed E-state index contributed by atoms with van der Waals surface area (Å²) < 4.78 is 2.86. The molecule has 104 valence electrons. The van der Waals surface area contributed by atoms with E-state index in [1.807, 2.05) is 22.7 Å². The van der Waals surface area contributed by atoms with Gasteiger partial charge in [-0.1, -0.05) is 23.7 Å². The molecule has 0 aliphatic heterocycles. The topological polar surface area (TPSA) is 34.4 Å². The quantitative estimate of drug-likeness (QED) is 0.503. The third-order valence-corrected chi connectivity index (χ3v) is 3.72. The lowest BCUT2D eigenvalue weighted by atomic mass is 10.1. The van der Waals surface area contributed by atoms with Gasteiger partial charge in [-0.25, -0.2) is 4.98 Å². The van der Waals surface area contributed by atoms with Gasteiger partial charge in [0.25, 0.3) is 0 Å². The fourth-order valence-electron chi connectivity index (χ4n) is 2.00. The highest BCUT2D eigenvalue weighted by Gasteiger charge is 2.04. The number of benzene rings is 1. The minimum Gasteiger partial charge on any atom is -0.299 e. The molecule has 0 aliphatic rings. The summed E-state index contributed by atoms with van der Waals surface area (Å²) in [7, 11) is 0. The van der Waals surface area contributed by atoms with Crippen LogP contribution in [0.5, 0.6) is 0 Å². The molecule has 2 aromatic heterocycles.